The summed E-state index contributed by atoms with van der Waals surface area (Å²) in [7, 11) is 1.82. The second kappa shape index (κ2) is 8.05. The van der Waals surface area contributed by atoms with Crippen molar-refractivity contribution in [2.24, 2.45) is 5.73 Å². The lowest BCUT2D eigenvalue weighted by Gasteiger charge is -2.37. The summed E-state index contributed by atoms with van der Waals surface area (Å²) in [5, 5.41) is 3.10. The molecule has 0 aliphatic carbocycles. The molecule has 158 valence electrons. The van der Waals surface area contributed by atoms with Crippen LogP contribution in [-0.4, -0.2) is 71.0 Å². The van der Waals surface area contributed by atoms with Crippen LogP contribution in [-0.2, 0) is 0 Å². The Labute approximate surface area is 174 Å². The zero-order valence-electron chi connectivity index (χ0n) is 16.9. The first kappa shape index (κ1) is 19.7. The summed E-state index contributed by atoms with van der Waals surface area (Å²) in [5.41, 5.74) is 12.7. The number of nitrogens with zero attached hydrogens (tertiary/aromatic N) is 5. The van der Waals surface area contributed by atoms with Gasteiger partial charge in [0.1, 0.15) is 5.82 Å². The quantitative estimate of drug-likeness (QED) is 0.631. The monoisotopic (exact) mass is 410 g/mol. The number of benzene rings is 1. The van der Waals surface area contributed by atoms with E-state index < -0.39 is 5.91 Å². The maximum absolute atomic E-state index is 12.4. The highest BCUT2D eigenvalue weighted by Gasteiger charge is 2.34. The number of likely N-dealkylation sites (N-methyl/N-ethyl adjacent to an activating group) is 1. The van der Waals surface area contributed by atoms with Crippen LogP contribution in [0.1, 0.15) is 23.3 Å². The number of rotatable bonds is 5. The van der Waals surface area contributed by atoms with Crippen LogP contribution in [0, 0.1) is 0 Å². The molecule has 2 saturated heterocycles. The van der Waals surface area contributed by atoms with Gasteiger partial charge in [-0.3, -0.25) is 4.79 Å². The lowest BCUT2D eigenvalue weighted by molar-refractivity contribution is 0.0996. The van der Waals surface area contributed by atoms with Gasteiger partial charge >= 0.3 is 6.03 Å². The number of carbonyl (C=O) groups is 2. The number of carbonyl (C=O) groups excluding carboxylic acids is 2. The van der Waals surface area contributed by atoms with Crippen LogP contribution in [0.3, 0.4) is 0 Å². The molecule has 3 heterocycles. The number of nitrogen functional groups attached to an aromatic ring is 1. The number of nitrogens with two attached hydrogens (primary N) is 2. The number of amides is 3. The number of aromatic nitrogens is 2. The average Bonchev–Trinajstić information content (AvgIpc) is 3.06. The van der Waals surface area contributed by atoms with Crippen LogP contribution in [0.15, 0.2) is 30.5 Å². The number of nitrogens with one attached hydrogen (secondary N) is 1. The minimum atomic E-state index is -0.664. The van der Waals surface area contributed by atoms with Crippen LogP contribution in [0.2, 0.25) is 0 Å². The molecule has 30 heavy (non-hydrogen) atoms. The maximum atomic E-state index is 12.4. The van der Waals surface area contributed by atoms with E-state index in [1.54, 1.807) is 29.3 Å². The van der Waals surface area contributed by atoms with Gasteiger partial charge in [0.05, 0.1) is 12.2 Å². The Balaban J connectivity index is 1.57. The van der Waals surface area contributed by atoms with E-state index in [0.29, 0.717) is 23.7 Å². The smallest absolute Gasteiger partial charge is 0.320 e. The molecule has 1 unspecified atom stereocenters. The number of urea groups is 1. The van der Waals surface area contributed by atoms with E-state index in [2.05, 4.69) is 20.2 Å². The van der Waals surface area contributed by atoms with Crippen molar-refractivity contribution < 1.29 is 9.59 Å². The molecule has 1 aromatic carbocycles. The number of hydrogen-bond donors (Lipinski definition) is 3. The average molecular weight is 410 g/mol. The van der Waals surface area contributed by atoms with Gasteiger partial charge in [-0.1, -0.05) is 6.07 Å². The van der Waals surface area contributed by atoms with Crippen molar-refractivity contribution in [2.75, 3.05) is 49.2 Å². The zero-order valence-corrected chi connectivity index (χ0v) is 16.9. The van der Waals surface area contributed by atoms with E-state index >= 15 is 0 Å². The molecule has 10 nitrogen and oxygen atoms in total. The third-order valence-corrected chi connectivity index (χ3v) is 5.55. The third-order valence-electron chi connectivity index (χ3n) is 5.55. The first-order valence-electron chi connectivity index (χ1n) is 9.98. The van der Waals surface area contributed by atoms with Gasteiger partial charge in [0, 0.05) is 44.6 Å². The second-order valence-corrected chi connectivity index (χ2v) is 7.68. The summed E-state index contributed by atoms with van der Waals surface area (Å²) in [4.78, 5) is 38.9. The highest BCUT2D eigenvalue weighted by atomic mass is 16.2. The molecule has 10 heteroatoms. The summed E-state index contributed by atoms with van der Waals surface area (Å²) in [6.45, 7) is 2.96. The molecule has 0 spiro atoms. The van der Waals surface area contributed by atoms with Gasteiger partial charge in [-0.2, -0.15) is 0 Å². The molecule has 2 aromatic rings. The molecule has 0 bridgehead atoms. The Bertz CT molecular complexity index is 966. The van der Waals surface area contributed by atoms with Gasteiger partial charge in [-0.05, 0) is 31.0 Å². The van der Waals surface area contributed by atoms with Crippen molar-refractivity contribution in [3.05, 3.63) is 36.2 Å². The molecule has 1 aromatic heterocycles. The second-order valence-electron chi connectivity index (χ2n) is 7.68. The fraction of sp³-hybridized carbons (Fsp3) is 0.400. The minimum Gasteiger partial charge on any atom is -0.399 e. The fourth-order valence-electron chi connectivity index (χ4n) is 3.98. The zero-order chi connectivity index (χ0) is 21.3. The van der Waals surface area contributed by atoms with E-state index in [1.165, 1.54) is 0 Å². The van der Waals surface area contributed by atoms with Crippen molar-refractivity contribution >= 4 is 34.9 Å². The molecule has 0 saturated carbocycles. The van der Waals surface area contributed by atoms with Crippen molar-refractivity contribution in [2.45, 2.75) is 18.9 Å². The van der Waals surface area contributed by atoms with Gasteiger partial charge in [0.2, 0.25) is 0 Å². The fourth-order valence-corrected chi connectivity index (χ4v) is 3.98. The van der Waals surface area contributed by atoms with Crippen LogP contribution < -0.4 is 21.7 Å². The third kappa shape index (κ3) is 3.93. The summed E-state index contributed by atoms with van der Waals surface area (Å²) >= 11 is 0. The molecular formula is C20H26N8O2. The lowest BCUT2D eigenvalue weighted by Crippen LogP contribution is -2.49. The number of primary amides is 1. The van der Waals surface area contributed by atoms with Crippen LogP contribution in [0.4, 0.5) is 27.8 Å². The Morgan fingerprint density at radius 1 is 1.27 bits per heavy atom. The van der Waals surface area contributed by atoms with Gasteiger partial charge in [0.15, 0.2) is 11.5 Å². The lowest BCUT2D eigenvalue weighted by atomic mass is 10.0. The summed E-state index contributed by atoms with van der Waals surface area (Å²) < 4.78 is 0. The SMILES string of the molecule is CN1CCN(C2CCCN(c3cnc(C(N)=O)c(Nc4cccc(N)c4)n3)C2)C1=O. The van der Waals surface area contributed by atoms with Crippen molar-refractivity contribution in [3.63, 3.8) is 0 Å². The molecule has 0 radical (unpaired) electrons. The number of piperidine rings is 1. The largest absolute Gasteiger partial charge is 0.399 e. The molecule has 2 fully saturated rings. The molecule has 3 amide bonds. The van der Waals surface area contributed by atoms with E-state index in [9.17, 15) is 9.59 Å². The van der Waals surface area contributed by atoms with Crippen LogP contribution in [0.25, 0.3) is 0 Å². The van der Waals surface area contributed by atoms with Gasteiger partial charge in [-0.25, -0.2) is 14.8 Å². The van der Waals surface area contributed by atoms with Gasteiger partial charge in [0.25, 0.3) is 5.91 Å². The maximum Gasteiger partial charge on any atom is 0.320 e. The Kier molecular flexibility index (Phi) is 5.30. The Morgan fingerprint density at radius 3 is 2.80 bits per heavy atom. The Hall–Kier alpha value is -3.56. The molecular weight excluding hydrogens is 384 g/mol. The first-order valence-corrected chi connectivity index (χ1v) is 9.98. The highest BCUT2D eigenvalue weighted by molar-refractivity contribution is 5.96. The summed E-state index contributed by atoms with van der Waals surface area (Å²) in [5.74, 6) is 0.253. The highest BCUT2D eigenvalue weighted by Crippen LogP contribution is 2.26. The summed E-state index contributed by atoms with van der Waals surface area (Å²) in [6.07, 6.45) is 3.46. The van der Waals surface area contributed by atoms with Crippen LogP contribution in [0.5, 0.6) is 0 Å². The molecule has 2 aliphatic rings. The van der Waals surface area contributed by atoms with E-state index in [1.807, 2.05) is 18.0 Å². The topological polar surface area (TPSA) is 134 Å². The Morgan fingerprint density at radius 2 is 2.10 bits per heavy atom. The molecule has 5 N–H and O–H groups in total. The van der Waals surface area contributed by atoms with E-state index in [4.69, 9.17) is 11.5 Å². The predicted octanol–water partition coefficient (Wildman–Crippen LogP) is 1.24. The van der Waals surface area contributed by atoms with Gasteiger partial charge < -0.3 is 31.5 Å². The van der Waals surface area contributed by atoms with Crippen molar-refractivity contribution in [3.8, 4) is 0 Å². The predicted molar refractivity (Wildman–Crippen MR) is 115 cm³/mol. The van der Waals surface area contributed by atoms with Gasteiger partial charge in [-0.15, -0.1) is 0 Å². The molecule has 4 rings (SSSR count). The molecule has 1 atom stereocenters. The number of hydrogen-bond acceptors (Lipinski definition) is 7. The number of anilines is 4. The first-order chi connectivity index (χ1) is 14.4. The van der Waals surface area contributed by atoms with E-state index in [-0.39, 0.29) is 23.6 Å². The van der Waals surface area contributed by atoms with Crippen molar-refractivity contribution in [1.29, 1.82) is 0 Å². The van der Waals surface area contributed by atoms with E-state index in [0.717, 1.165) is 32.5 Å². The minimum absolute atomic E-state index is 0.0612. The van der Waals surface area contributed by atoms with Crippen LogP contribution >= 0.6 is 0 Å². The normalized spacial score (nSPS) is 19.3. The van der Waals surface area contributed by atoms with Crippen molar-refractivity contribution in [1.82, 2.24) is 19.8 Å². The standard InChI is InChI=1S/C20H26N8O2/c1-26-8-9-28(20(26)30)15-6-3-7-27(12-15)16-11-23-17(18(22)29)19(25-16)24-14-5-2-4-13(21)10-14/h2,4-5,10-11,15H,3,6-9,12,21H2,1H3,(H2,22,29)(H,24,25). The summed E-state index contributed by atoms with van der Waals surface area (Å²) in [6, 6.07) is 7.33. The molecule has 2 aliphatic heterocycles.